The van der Waals surface area contributed by atoms with Crippen LogP contribution < -0.4 is 20.5 Å². The number of halogens is 5. The minimum atomic E-state index is -2.90. The molecule has 1 saturated carbocycles. The van der Waals surface area contributed by atoms with Crippen molar-refractivity contribution in [3.63, 3.8) is 0 Å². The molecule has 1 aliphatic heterocycles. The first-order valence-corrected chi connectivity index (χ1v) is 14.1. The lowest BCUT2D eigenvalue weighted by molar-refractivity contribution is -0.123. The van der Waals surface area contributed by atoms with Crippen LogP contribution in [-0.4, -0.2) is 51.9 Å². The van der Waals surface area contributed by atoms with Gasteiger partial charge in [0, 0.05) is 28.3 Å². The van der Waals surface area contributed by atoms with Crippen molar-refractivity contribution in [2.75, 3.05) is 20.3 Å². The number of hydrogen-bond acceptors (Lipinski definition) is 7. The van der Waals surface area contributed by atoms with E-state index in [4.69, 9.17) is 26.8 Å². The number of methoxy groups -OCH3 is 1. The number of nitrogens with one attached hydrogen (secondary N) is 1. The lowest BCUT2D eigenvalue weighted by Gasteiger charge is -2.30. The Morgan fingerprint density at radius 3 is 2.67 bits per heavy atom. The molecule has 0 radical (unpaired) electrons. The van der Waals surface area contributed by atoms with Crippen LogP contribution >= 0.6 is 11.6 Å². The number of primary amides is 1. The molecule has 6 rings (SSSR count). The van der Waals surface area contributed by atoms with Crippen LogP contribution in [0.3, 0.4) is 0 Å². The van der Waals surface area contributed by atoms with Crippen LogP contribution in [0.15, 0.2) is 36.5 Å². The molecule has 15 heteroatoms. The number of pyridine rings is 1. The van der Waals surface area contributed by atoms with E-state index in [9.17, 15) is 32.3 Å². The number of ether oxygens (including phenoxy) is 2. The zero-order valence-corrected chi connectivity index (χ0v) is 24.6. The Hall–Kier alpha value is -4.43. The summed E-state index contributed by atoms with van der Waals surface area (Å²) in [6.07, 6.45) is 2.22. The Morgan fingerprint density at radius 2 is 2.02 bits per heavy atom. The van der Waals surface area contributed by atoms with Gasteiger partial charge in [-0.1, -0.05) is 11.6 Å². The molecule has 45 heavy (non-hydrogen) atoms. The number of rotatable bonds is 9. The molecule has 4 aromatic rings. The number of hydrogen-bond donors (Lipinski definition) is 3. The average Bonchev–Trinajstić information content (AvgIpc) is 3.69. The van der Waals surface area contributed by atoms with Crippen molar-refractivity contribution in [2.24, 2.45) is 11.7 Å². The van der Waals surface area contributed by atoms with Gasteiger partial charge in [-0.25, -0.2) is 18.4 Å². The molecule has 4 N–H and O–H groups in total. The van der Waals surface area contributed by atoms with Crippen molar-refractivity contribution in [3.8, 4) is 22.8 Å². The lowest BCUT2D eigenvalue weighted by atomic mass is 9.81. The second kappa shape index (κ2) is 10.9. The van der Waals surface area contributed by atoms with E-state index in [2.05, 4.69) is 15.4 Å². The summed E-state index contributed by atoms with van der Waals surface area (Å²) in [6, 6.07) is 6.23. The van der Waals surface area contributed by atoms with E-state index in [1.165, 1.54) is 31.4 Å². The summed E-state index contributed by atoms with van der Waals surface area (Å²) in [4.78, 5) is 30.5. The van der Waals surface area contributed by atoms with Gasteiger partial charge in [-0.05, 0) is 56.0 Å². The van der Waals surface area contributed by atoms with Gasteiger partial charge in [0.15, 0.2) is 11.6 Å². The summed E-state index contributed by atoms with van der Waals surface area (Å²) in [7, 11) is 1.31. The number of aliphatic hydroxyl groups is 1. The second-order valence-corrected chi connectivity index (χ2v) is 11.7. The third-order valence-electron chi connectivity index (χ3n) is 8.39. The maximum atomic E-state index is 14.5. The highest BCUT2D eigenvalue weighted by Gasteiger charge is 2.50. The van der Waals surface area contributed by atoms with Gasteiger partial charge in [-0.15, -0.1) is 0 Å². The number of benzene rings is 2. The van der Waals surface area contributed by atoms with Crippen molar-refractivity contribution < 1.29 is 41.7 Å². The van der Waals surface area contributed by atoms with E-state index in [-0.39, 0.29) is 69.5 Å². The Labute approximate surface area is 258 Å². The van der Waals surface area contributed by atoms with E-state index in [1.807, 2.05) is 0 Å². The van der Waals surface area contributed by atoms with E-state index < -0.39 is 46.0 Å². The predicted octanol–water partition coefficient (Wildman–Crippen LogP) is 4.60. The fraction of sp³-hybridized carbons (Fsp3) is 0.333. The fourth-order valence-corrected chi connectivity index (χ4v) is 5.77. The van der Waals surface area contributed by atoms with Crippen LogP contribution in [0.2, 0.25) is 5.02 Å². The molecule has 0 bridgehead atoms. The number of alkyl halides is 2. The van der Waals surface area contributed by atoms with Crippen molar-refractivity contribution in [3.05, 3.63) is 70.0 Å². The van der Waals surface area contributed by atoms with Gasteiger partial charge in [0.2, 0.25) is 5.91 Å². The molecule has 3 heterocycles. The molecule has 2 amide bonds. The number of carbonyl (C=O) groups excluding carboxylic acids is 2. The van der Waals surface area contributed by atoms with Gasteiger partial charge >= 0.3 is 6.55 Å². The van der Waals surface area contributed by atoms with Gasteiger partial charge in [0.25, 0.3) is 5.91 Å². The van der Waals surface area contributed by atoms with Gasteiger partial charge < -0.3 is 25.6 Å². The molecule has 236 valence electrons. The topological polar surface area (TPSA) is 142 Å². The Kier molecular flexibility index (Phi) is 7.39. The number of nitrogens with zero attached hydrogens (tertiary/aromatic N) is 3. The summed E-state index contributed by atoms with van der Waals surface area (Å²) >= 11 is 6.19. The molecule has 0 spiro atoms. The van der Waals surface area contributed by atoms with Crippen molar-refractivity contribution in [1.82, 2.24) is 20.1 Å². The summed E-state index contributed by atoms with van der Waals surface area (Å²) in [5.74, 6) is -4.11. The van der Waals surface area contributed by atoms with Gasteiger partial charge in [0.1, 0.15) is 40.3 Å². The molecule has 1 fully saturated rings. The van der Waals surface area contributed by atoms with Crippen molar-refractivity contribution >= 4 is 34.3 Å². The number of fused-ring (bicyclic) bond motifs is 2. The largest absolute Gasteiger partial charge is 0.494 e. The maximum absolute atomic E-state index is 14.5. The molecule has 10 nitrogen and oxygen atoms in total. The van der Waals surface area contributed by atoms with Gasteiger partial charge in [0.05, 0.1) is 24.4 Å². The SMILES string of the molecule is COc1cc(C(=O)NCC(O)(c2cc3c(c(-c4ccc(F)c(F)c4Cl)n2)OC[C@]3(C)C(N)=O)C2CC2)cc2cn(C(F)F)nc12. The number of aromatic nitrogens is 3. The van der Waals surface area contributed by atoms with Crippen LogP contribution in [0, 0.1) is 17.6 Å². The molecule has 2 aromatic heterocycles. The molecule has 1 unspecified atom stereocenters. The molecule has 2 aliphatic rings. The third-order valence-corrected chi connectivity index (χ3v) is 8.76. The Balaban J connectivity index is 1.41. The normalized spacial score (nSPS) is 18.9. The number of amides is 2. The monoisotopic (exact) mass is 647 g/mol. The van der Waals surface area contributed by atoms with E-state index >= 15 is 0 Å². The summed E-state index contributed by atoms with van der Waals surface area (Å²) in [5.41, 5.74) is 2.93. The maximum Gasteiger partial charge on any atom is 0.333 e. The van der Waals surface area contributed by atoms with Crippen LogP contribution in [-0.2, 0) is 15.8 Å². The van der Waals surface area contributed by atoms with Gasteiger partial charge in [-0.2, -0.15) is 13.9 Å². The second-order valence-electron chi connectivity index (χ2n) is 11.3. The highest BCUT2D eigenvalue weighted by atomic mass is 35.5. The highest BCUT2D eigenvalue weighted by Crippen LogP contribution is 2.50. The highest BCUT2D eigenvalue weighted by molar-refractivity contribution is 6.33. The quantitative estimate of drug-likeness (QED) is 0.178. The van der Waals surface area contributed by atoms with Crippen molar-refractivity contribution in [1.29, 1.82) is 0 Å². The number of nitrogens with two attached hydrogens (primary N) is 1. The summed E-state index contributed by atoms with van der Waals surface area (Å²) in [6.45, 7) is -1.90. The zero-order valence-electron chi connectivity index (χ0n) is 23.8. The molecule has 1 aliphatic carbocycles. The van der Waals surface area contributed by atoms with Crippen LogP contribution in [0.5, 0.6) is 11.5 Å². The molecule has 0 saturated heterocycles. The Morgan fingerprint density at radius 1 is 1.29 bits per heavy atom. The molecule has 2 atom stereocenters. The number of carbonyl (C=O) groups is 2. The van der Waals surface area contributed by atoms with E-state index in [0.717, 1.165) is 12.3 Å². The first kappa shape index (κ1) is 30.6. The van der Waals surface area contributed by atoms with Crippen molar-refractivity contribution in [2.45, 2.75) is 37.3 Å². The van der Waals surface area contributed by atoms with E-state index in [0.29, 0.717) is 17.5 Å². The summed E-state index contributed by atoms with van der Waals surface area (Å²) in [5, 5.41) is 18.3. The fourth-order valence-electron chi connectivity index (χ4n) is 5.53. The average molecular weight is 648 g/mol. The minimum absolute atomic E-state index is 0.0177. The zero-order chi connectivity index (χ0) is 32.4. The first-order chi connectivity index (χ1) is 21.3. The standard InChI is InChI=1S/C30H26ClF4N5O5/c1-29(27(36)42)12-45-25-17(29)9-20(38-24(25)16-5-6-18(32)22(33)21(16)31)30(43,15-3-4-15)11-37-26(41)13-7-14-10-40(28(34)35)39-23(14)19(8-13)44-2/h5-10,15,28,43H,3-4,11-12H2,1-2H3,(H2,36,42)(H,37,41)/t29-,30?/m0/s1. The first-order valence-electron chi connectivity index (χ1n) is 13.8. The molecular weight excluding hydrogens is 622 g/mol. The van der Waals surface area contributed by atoms with Gasteiger partial charge in [-0.3, -0.25) is 9.59 Å². The molecular formula is C30H26ClF4N5O5. The van der Waals surface area contributed by atoms with Crippen LogP contribution in [0.1, 0.15) is 47.9 Å². The summed E-state index contributed by atoms with van der Waals surface area (Å²) < 4.78 is 66.5. The van der Waals surface area contributed by atoms with E-state index in [1.54, 1.807) is 6.92 Å². The van der Waals surface area contributed by atoms with Crippen LogP contribution in [0.25, 0.3) is 22.2 Å². The third kappa shape index (κ3) is 5.01. The predicted molar refractivity (Wildman–Crippen MR) is 153 cm³/mol. The molecule has 2 aromatic carbocycles. The smallest absolute Gasteiger partial charge is 0.333 e. The van der Waals surface area contributed by atoms with Crippen LogP contribution in [0.4, 0.5) is 17.6 Å². The lowest BCUT2D eigenvalue weighted by Crippen LogP contribution is -2.44. The Bertz CT molecular complexity index is 1880. The minimum Gasteiger partial charge on any atom is -0.494 e.